The van der Waals surface area contributed by atoms with Crippen LogP contribution < -0.4 is 10.5 Å². The van der Waals surface area contributed by atoms with Crippen molar-refractivity contribution in [2.75, 3.05) is 4.72 Å². The Morgan fingerprint density at radius 3 is 2.62 bits per heavy atom. The Balaban J connectivity index is 2.47. The van der Waals surface area contributed by atoms with Gasteiger partial charge in [0.15, 0.2) is 0 Å². The van der Waals surface area contributed by atoms with Crippen LogP contribution in [0.1, 0.15) is 11.3 Å². The zero-order valence-electron chi connectivity index (χ0n) is 11.1. The summed E-state index contributed by atoms with van der Waals surface area (Å²) in [7, 11) is -3.85. The molecule has 0 saturated carbocycles. The Morgan fingerprint density at radius 1 is 1.29 bits per heavy atom. The third-order valence-electron chi connectivity index (χ3n) is 2.86. The van der Waals surface area contributed by atoms with Crippen LogP contribution in [0.4, 0.5) is 5.69 Å². The molecule has 5 nitrogen and oxygen atoms in total. The highest BCUT2D eigenvalue weighted by Crippen LogP contribution is 2.30. The molecule has 2 rings (SSSR count). The minimum absolute atomic E-state index is 0.0336. The van der Waals surface area contributed by atoms with Crippen LogP contribution in [0.25, 0.3) is 0 Å². The van der Waals surface area contributed by atoms with Crippen LogP contribution in [0.3, 0.4) is 0 Å². The number of pyridine rings is 1. The molecule has 0 fully saturated rings. The second-order valence-corrected chi connectivity index (χ2v) is 6.79. The number of hydrogen-bond acceptors (Lipinski definition) is 4. The Labute approximate surface area is 133 Å². The molecule has 0 bridgehead atoms. The molecule has 1 heterocycles. The van der Waals surface area contributed by atoms with Crippen molar-refractivity contribution in [2.45, 2.75) is 18.4 Å². The lowest BCUT2D eigenvalue weighted by atomic mass is 10.2. The van der Waals surface area contributed by atoms with Gasteiger partial charge in [-0.25, -0.2) is 8.42 Å². The third-order valence-corrected chi connectivity index (χ3v) is 5.04. The number of nitrogens with two attached hydrogens (primary N) is 1. The predicted octanol–water partition coefficient (Wildman–Crippen LogP) is 2.96. The van der Waals surface area contributed by atoms with Gasteiger partial charge >= 0.3 is 0 Å². The molecule has 0 saturated heterocycles. The second-order valence-electron chi connectivity index (χ2n) is 4.32. The first kappa shape index (κ1) is 16.0. The van der Waals surface area contributed by atoms with Gasteiger partial charge in [-0.05, 0) is 36.8 Å². The molecule has 0 unspecified atom stereocenters. The summed E-state index contributed by atoms with van der Waals surface area (Å²) in [6.45, 7) is 1.82. The van der Waals surface area contributed by atoms with Crippen LogP contribution in [0.2, 0.25) is 10.0 Å². The zero-order valence-corrected chi connectivity index (χ0v) is 13.4. The lowest BCUT2D eigenvalue weighted by Gasteiger charge is -2.12. The molecule has 21 heavy (non-hydrogen) atoms. The van der Waals surface area contributed by atoms with E-state index in [9.17, 15) is 8.42 Å². The van der Waals surface area contributed by atoms with E-state index >= 15 is 0 Å². The van der Waals surface area contributed by atoms with Crippen molar-refractivity contribution >= 4 is 38.9 Å². The molecule has 0 atom stereocenters. The minimum atomic E-state index is -3.85. The maximum atomic E-state index is 12.4. The van der Waals surface area contributed by atoms with Gasteiger partial charge in [0, 0.05) is 17.8 Å². The van der Waals surface area contributed by atoms with E-state index in [4.69, 9.17) is 28.9 Å². The van der Waals surface area contributed by atoms with Crippen molar-refractivity contribution in [3.05, 3.63) is 51.8 Å². The van der Waals surface area contributed by atoms with Crippen molar-refractivity contribution in [1.29, 1.82) is 0 Å². The van der Waals surface area contributed by atoms with Crippen molar-refractivity contribution in [2.24, 2.45) is 5.73 Å². The monoisotopic (exact) mass is 345 g/mol. The SMILES string of the molecule is Cc1ncccc1NS(=O)(=O)c1cc(CN)c(Cl)cc1Cl. The number of rotatable bonds is 4. The van der Waals surface area contributed by atoms with Gasteiger partial charge in [-0.2, -0.15) is 0 Å². The van der Waals surface area contributed by atoms with E-state index in [1.54, 1.807) is 25.3 Å². The summed E-state index contributed by atoms with van der Waals surface area (Å²) in [5.74, 6) is 0. The zero-order chi connectivity index (χ0) is 15.6. The Hall–Kier alpha value is -1.34. The lowest BCUT2D eigenvalue weighted by Crippen LogP contribution is -2.15. The summed E-state index contributed by atoms with van der Waals surface area (Å²) in [6.07, 6.45) is 1.58. The van der Waals surface area contributed by atoms with E-state index < -0.39 is 10.0 Å². The summed E-state index contributed by atoms with van der Waals surface area (Å²) in [5, 5.41) is 0.366. The first-order chi connectivity index (χ1) is 9.85. The standard InChI is InChI=1S/C13H13Cl2N3O2S/c1-8-12(3-2-4-17-8)18-21(19,20)13-5-9(7-16)10(14)6-11(13)15/h2-6,18H,7,16H2,1H3. The van der Waals surface area contributed by atoms with Gasteiger partial charge in [0.05, 0.1) is 16.4 Å². The lowest BCUT2D eigenvalue weighted by molar-refractivity contribution is 0.601. The molecule has 0 aliphatic carbocycles. The van der Waals surface area contributed by atoms with Crippen molar-refractivity contribution in [3.63, 3.8) is 0 Å². The molecule has 1 aromatic carbocycles. The number of nitrogens with zero attached hydrogens (tertiary/aromatic N) is 1. The number of sulfonamides is 1. The van der Waals surface area contributed by atoms with E-state index in [0.29, 0.717) is 22.0 Å². The summed E-state index contributed by atoms with van der Waals surface area (Å²) in [6, 6.07) is 6.00. The van der Waals surface area contributed by atoms with Gasteiger partial charge in [-0.3, -0.25) is 9.71 Å². The van der Waals surface area contributed by atoms with Crippen molar-refractivity contribution in [3.8, 4) is 0 Å². The molecule has 3 N–H and O–H groups in total. The molecule has 8 heteroatoms. The van der Waals surface area contributed by atoms with E-state index in [1.807, 2.05) is 0 Å². The molecule has 1 aromatic heterocycles. The van der Waals surface area contributed by atoms with Gasteiger partial charge < -0.3 is 5.73 Å². The minimum Gasteiger partial charge on any atom is -0.326 e. The first-order valence-corrected chi connectivity index (χ1v) is 8.21. The van der Waals surface area contributed by atoms with E-state index in [2.05, 4.69) is 9.71 Å². The molecule has 0 spiro atoms. The van der Waals surface area contributed by atoms with Gasteiger partial charge in [0.25, 0.3) is 10.0 Å². The Bertz CT molecular complexity index is 779. The Kier molecular flexibility index (Phi) is 4.73. The number of aryl methyl sites for hydroxylation is 1. The van der Waals surface area contributed by atoms with Gasteiger partial charge in [-0.15, -0.1) is 0 Å². The van der Waals surface area contributed by atoms with Gasteiger partial charge in [0.2, 0.25) is 0 Å². The normalized spacial score (nSPS) is 11.4. The molecule has 0 aliphatic heterocycles. The average Bonchev–Trinajstić information content (AvgIpc) is 2.41. The number of aromatic nitrogens is 1. The fourth-order valence-electron chi connectivity index (χ4n) is 1.73. The third kappa shape index (κ3) is 3.47. The highest BCUT2D eigenvalue weighted by atomic mass is 35.5. The number of anilines is 1. The van der Waals surface area contributed by atoms with Gasteiger partial charge in [-0.1, -0.05) is 23.2 Å². The number of hydrogen-bond donors (Lipinski definition) is 2. The Morgan fingerprint density at radius 2 is 2.00 bits per heavy atom. The molecular formula is C13H13Cl2N3O2S. The van der Waals surface area contributed by atoms with E-state index in [0.717, 1.165) is 0 Å². The molecule has 0 amide bonds. The van der Waals surface area contributed by atoms with Crippen molar-refractivity contribution in [1.82, 2.24) is 4.98 Å². The molecule has 112 valence electrons. The maximum Gasteiger partial charge on any atom is 0.263 e. The van der Waals surface area contributed by atoms with Crippen LogP contribution in [0.5, 0.6) is 0 Å². The van der Waals surface area contributed by atoms with Gasteiger partial charge in [0.1, 0.15) is 4.90 Å². The molecule has 2 aromatic rings. The smallest absolute Gasteiger partial charge is 0.263 e. The highest BCUT2D eigenvalue weighted by Gasteiger charge is 2.21. The molecular weight excluding hydrogens is 333 g/mol. The quantitative estimate of drug-likeness (QED) is 0.891. The second kappa shape index (κ2) is 6.19. The van der Waals surface area contributed by atoms with Crippen LogP contribution in [-0.4, -0.2) is 13.4 Å². The summed E-state index contributed by atoms with van der Waals surface area (Å²) in [5.41, 5.74) is 6.99. The number of halogens is 2. The topological polar surface area (TPSA) is 85.1 Å². The predicted molar refractivity (Wildman–Crippen MR) is 84.1 cm³/mol. The summed E-state index contributed by atoms with van der Waals surface area (Å²) in [4.78, 5) is 3.95. The van der Waals surface area contributed by atoms with E-state index in [-0.39, 0.29) is 16.5 Å². The summed E-state index contributed by atoms with van der Waals surface area (Å²) >= 11 is 11.9. The van der Waals surface area contributed by atoms with Crippen molar-refractivity contribution < 1.29 is 8.42 Å². The van der Waals surface area contributed by atoms with E-state index in [1.165, 1.54) is 12.1 Å². The molecule has 0 aliphatic rings. The van der Waals surface area contributed by atoms with Crippen LogP contribution in [-0.2, 0) is 16.6 Å². The fourth-order valence-corrected chi connectivity index (χ4v) is 3.72. The fraction of sp³-hybridized carbons (Fsp3) is 0.154. The summed E-state index contributed by atoms with van der Waals surface area (Å²) < 4.78 is 27.3. The van der Waals surface area contributed by atoms with Crippen LogP contribution >= 0.6 is 23.2 Å². The highest BCUT2D eigenvalue weighted by molar-refractivity contribution is 7.92. The number of nitrogens with one attached hydrogen (secondary N) is 1. The largest absolute Gasteiger partial charge is 0.326 e. The first-order valence-electron chi connectivity index (χ1n) is 5.97. The van der Waals surface area contributed by atoms with Crippen LogP contribution in [0.15, 0.2) is 35.4 Å². The molecule has 0 radical (unpaired) electrons. The maximum absolute atomic E-state index is 12.4. The van der Waals surface area contributed by atoms with Crippen LogP contribution in [0, 0.1) is 6.92 Å². The average molecular weight is 346 g/mol. The number of benzene rings is 1.